The van der Waals surface area contributed by atoms with Gasteiger partial charge in [0.1, 0.15) is 12.7 Å². The summed E-state index contributed by atoms with van der Waals surface area (Å²) in [7, 11) is 0. The number of hydrogen-bond donors (Lipinski definition) is 2. The van der Waals surface area contributed by atoms with Crippen molar-refractivity contribution in [1.29, 1.82) is 0 Å². The van der Waals surface area contributed by atoms with Gasteiger partial charge >= 0.3 is 0 Å². The smallest absolute Gasteiger partial charge is 0.169 e. The maximum atomic E-state index is 8.95. The van der Waals surface area contributed by atoms with Crippen molar-refractivity contribution < 1.29 is 5.11 Å². The molecule has 0 radical (unpaired) electrons. The van der Waals surface area contributed by atoms with Crippen LogP contribution in [-0.4, -0.2) is 31.2 Å². The van der Waals surface area contributed by atoms with Gasteiger partial charge in [-0.05, 0) is 12.0 Å². The highest BCUT2D eigenvalue weighted by atomic mass is 16.3. The SMILES string of the molecule is Nc1ncnc2c1ncn2C=C1C[C@H]1CO. The van der Waals surface area contributed by atoms with E-state index in [1.165, 1.54) is 11.9 Å². The quantitative estimate of drug-likeness (QED) is 0.753. The molecule has 3 N–H and O–H groups in total. The Kier molecular flexibility index (Phi) is 1.90. The fourth-order valence-electron chi connectivity index (χ4n) is 1.71. The van der Waals surface area contributed by atoms with Crippen LogP contribution < -0.4 is 5.73 Å². The maximum absolute atomic E-state index is 8.95. The second kappa shape index (κ2) is 3.28. The van der Waals surface area contributed by atoms with Crippen LogP contribution >= 0.6 is 0 Å². The lowest BCUT2D eigenvalue weighted by atomic mass is 10.4. The van der Waals surface area contributed by atoms with Crippen LogP contribution in [0.3, 0.4) is 0 Å². The molecule has 6 nitrogen and oxygen atoms in total. The van der Waals surface area contributed by atoms with E-state index in [1.807, 2.05) is 10.8 Å². The molecule has 1 aliphatic carbocycles. The van der Waals surface area contributed by atoms with Crippen molar-refractivity contribution in [2.45, 2.75) is 6.42 Å². The molecule has 0 aliphatic heterocycles. The number of fused-ring (bicyclic) bond motifs is 1. The van der Waals surface area contributed by atoms with Crippen LogP contribution in [0.1, 0.15) is 6.42 Å². The summed E-state index contributed by atoms with van der Waals surface area (Å²) in [5.74, 6) is 0.688. The third-order valence-corrected chi connectivity index (χ3v) is 2.76. The Labute approximate surface area is 91.5 Å². The van der Waals surface area contributed by atoms with Gasteiger partial charge in [-0.15, -0.1) is 0 Å². The van der Waals surface area contributed by atoms with Gasteiger partial charge in [-0.3, -0.25) is 4.57 Å². The highest BCUT2D eigenvalue weighted by Crippen LogP contribution is 2.37. The lowest BCUT2D eigenvalue weighted by Gasteiger charge is -1.95. The molecule has 0 amide bonds. The van der Waals surface area contributed by atoms with Gasteiger partial charge in [-0.1, -0.05) is 0 Å². The number of rotatable bonds is 2. The summed E-state index contributed by atoms with van der Waals surface area (Å²) in [4.78, 5) is 12.2. The number of aromatic nitrogens is 4. The minimum Gasteiger partial charge on any atom is -0.396 e. The third-order valence-electron chi connectivity index (χ3n) is 2.76. The molecule has 1 fully saturated rings. The summed E-state index contributed by atoms with van der Waals surface area (Å²) in [5.41, 5.74) is 8.20. The fraction of sp³-hybridized carbons (Fsp3) is 0.300. The van der Waals surface area contributed by atoms with Gasteiger partial charge in [-0.2, -0.15) is 0 Å². The number of hydrogen-bond acceptors (Lipinski definition) is 5. The van der Waals surface area contributed by atoms with Crippen LogP contribution in [0.4, 0.5) is 5.82 Å². The Balaban J connectivity index is 2.06. The van der Waals surface area contributed by atoms with E-state index >= 15 is 0 Å². The molecule has 82 valence electrons. The minimum absolute atomic E-state index is 0.204. The molecule has 0 aromatic carbocycles. The van der Waals surface area contributed by atoms with Crippen LogP contribution in [0.5, 0.6) is 0 Å². The van der Waals surface area contributed by atoms with E-state index in [0.717, 1.165) is 6.42 Å². The summed E-state index contributed by atoms with van der Waals surface area (Å²) in [5, 5.41) is 8.95. The molecular weight excluding hydrogens is 206 g/mol. The van der Waals surface area contributed by atoms with E-state index in [1.54, 1.807) is 6.33 Å². The Morgan fingerprint density at radius 1 is 1.50 bits per heavy atom. The first kappa shape index (κ1) is 9.29. The van der Waals surface area contributed by atoms with Gasteiger partial charge in [0.15, 0.2) is 17.0 Å². The highest BCUT2D eigenvalue weighted by molar-refractivity contribution is 5.82. The fourth-order valence-corrected chi connectivity index (χ4v) is 1.71. The highest BCUT2D eigenvalue weighted by Gasteiger charge is 2.28. The minimum atomic E-state index is 0.204. The first-order valence-electron chi connectivity index (χ1n) is 5.04. The third kappa shape index (κ3) is 1.35. The number of aliphatic hydroxyl groups excluding tert-OH is 1. The molecule has 0 spiro atoms. The van der Waals surface area contributed by atoms with Crippen molar-refractivity contribution >= 4 is 23.2 Å². The summed E-state index contributed by atoms with van der Waals surface area (Å²) < 4.78 is 1.82. The van der Waals surface area contributed by atoms with Gasteiger partial charge in [0.05, 0.1) is 0 Å². The first-order valence-corrected chi connectivity index (χ1v) is 5.04. The lowest BCUT2D eigenvalue weighted by Crippen LogP contribution is -1.94. The molecule has 6 heteroatoms. The van der Waals surface area contributed by atoms with Crippen molar-refractivity contribution in [2.24, 2.45) is 5.92 Å². The zero-order valence-electron chi connectivity index (χ0n) is 8.54. The molecule has 0 saturated heterocycles. The molecule has 3 rings (SSSR count). The monoisotopic (exact) mass is 217 g/mol. The number of imidazole rings is 1. The average Bonchev–Trinajstić information content (AvgIpc) is 2.91. The molecule has 1 atom stereocenters. The molecule has 0 bridgehead atoms. The van der Waals surface area contributed by atoms with Crippen molar-refractivity contribution in [1.82, 2.24) is 19.5 Å². The van der Waals surface area contributed by atoms with Gasteiger partial charge in [0, 0.05) is 18.7 Å². The molecule has 1 aliphatic rings. The molecule has 2 aromatic heterocycles. The van der Waals surface area contributed by atoms with E-state index < -0.39 is 0 Å². The second-order valence-corrected chi connectivity index (χ2v) is 3.87. The average molecular weight is 217 g/mol. The Bertz CT molecular complexity index is 574. The van der Waals surface area contributed by atoms with Gasteiger partial charge in [0.2, 0.25) is 0 Å². The van der Waals surface area contributed by atoms with Crippen LogP contribution in [0, 0.1) is 5.92 Å². The van der Waals surface area contributed by atoms with Crippen LogP contribution in [-0.2, 0) is 0 Å². The van der Waals surface area contributed by atoms with Gasteiger partial charge in [-0.25, -0.2) is 15.0 Å². The van der Waals surface area contributed by atoms with Gasteiger partial charge in [0.25, 0.3) is 0 Å². The van der Waals surface area contributed by atoms with Crippen LogP contribution in [0.25, 0.3) is 17.4 Å². The normalized spacial score (nSPS) is 21.8. The number of nitrogen functional groups attached to an aromatic ring is 1. The van der Waals surface area contributed by atoms with Crippen LogP contribution in [0.2, 0.25) is 0 Å². The van der Waals surface area contributed by atoms with E-state index in [2.05, 4.69) is 15.0 Å². The number of anilines is 1. The Morgan fingerprint density at radius 2 is 2.38 bits per heavy atom. The Morgan fingerprint density at radius 3 is 3.12 bits per heavy atom. The van der Waals surface area contributed by atoms with E-state index in [9.17, 15) is 0 Å². The summed E-state index contributed by atoms with van der Waals surface area (Å²) >= 11 is 0. The zero-order chi connectivity index (χ0) is 11.1. The molecule has 0 unspecified atom stereocenters. The summed E-state index contributed by atoms with van der Waals surface area (Å²) in [6.07, 6.45) is 5.97. The predicted octanol–water partition coefficient (Wildman–Crippen LogP) is 0.262. The van der Waals surface area contributed by atoms with Crippen LogP contribution in [0.15, 0.2) is 18.2 Å². The summed E-state index contributed by atoms with van der Waals surface area (Å²) in [6.45, 7) is 0.204. The van der Waals surface area contributed by atoms with E-state index in [0.29, 0.717) is 22.9 Å². The van der Waals surface area contributed by atoms with Crippen molar-refractivity contribution in [2.75, 3.05) is 12.3 Å². The predicted molar refractivity (Wildman–Crippen MR) is 59.2 cm³/mol. The maximum Gasteiger partial charge on any atom is 0.169 e. The number of nitrogens with zero attached hydrogens (tertiary/aromatic N) is 4. The van der Waals surface area contributed by atoms with Crippen molar-refractivity contribution in [3.05, 3.63) is 18.2 Å². The molecule has 1 saturated carbocycles. The standard InChI is InChI=1S/C10H11N5O/c11-9-8-10(13-4-12-9)15(5-14-8)2-6-1-7(6)3-16/h2,4-5,7,16H,1,3H2,(H2,11,12,13)/t7-/m0/s1. The lowest BCUT2D eigenvalue weighted by molar-refractivity contribution is 0.281. The first-order chi connectivity index (χ1) is 7.79. The molecular formula is C10H11N5O. The van der Waals surface area contributed by atoms with Crippen molar-refractivity contribution in [3.63, 3.8) is 0 Å². The molecule has 16 heavy (non-hydrogen) atoms. The topological polar surface area (TPSA) is 89.9 Å². The number of nitrogens with two attached hydrogens (primary N) is 1. The molecule has 2 aromatic rings. The summed E-state index contributed by atoms with van der Waals surface area (Å²) in [6, 6.07) is 0. The van der Waals surface area contributed by atoms with E-state index in [4.69, 9.17) is 10.8 Å². The largest absolute Gasteiger partial charge is 0.396 e. The van der Waals surface area contributed by atoms with E-state index in [-0.39, 0.29) is 6.61 Å². The van der Waals surface area contributed by atoms with Crippen molar-refractivity contribution in [3.8, 4) is 0 Å². The molecule has 2 heterocycles. The Hall–Kier alpha value is -1.95. The number of aliphatic hydroxyl groups is 1. The van der Waals surface area contributed by atoms with Gasteiger partial charge < -0.3 is 10.8 Å². The second-order valence-electron chi connectivity index (χ2n) is 3.87. The zero-order valence-corrected chi connectivity index (χ0v) is 8.54.